The smallest absolute Gasteiger partial charge is 0.145 e. The SMILES string of the molecule is CSc1c(F)ccc(C2CNCCO2)c1F. The van der Waals surface area contributed by atoms with Crippen LogP contribution >= 0.6 is 11.8 Å². The highest BCUT2D eigenvalue weighted by molar-refractivity contribution is 7.98. The molecule has 1 atom stereocenters. The molecular weight excluding hydrogens is 232 g/mol. The minimum Gasteiger partial charge on any atom is -0.371 e. The van der Waals surface area contributed by atoms with E-state index in [1.807, 2.05) is 0 Å². The van der Waals surface area contributed by atoms with Crippen molar-refractivity contribution in [3.63, 3.8) is 0 Å². The molecule has 1 aliphatic heterocycles. The second-order valence-electron chi connectivity index (χ2n) is 3.55. The first-order chi connectivity index (χ1) is 7.74. The van der Waals surface area contributed by atoms with E-state index in [1.165, 1.54) is 12.1 Å². The fourth-order valence-electron chi connectivity index (χ4n) is 1.75. The summed E-state index contributed by atoms with van der Waals surface area (Å²) >= 11 is 1.07. The van der Waals surface area contributed by atoms with Gasteiger partial charge in [0.15, 0.2) is 0 Å². The van der Waals surface area contributed by atoms with Crippen LogP contribution in [0.2, 0.25) is 0 Å². The molecule has 1 aromatic rings. The van der Waals surface area contributed by atoms with Gasteiger partial charge in [-0.05, 0) is 12.3 Å². The average Bonchev–Trinajstić information content (AvgIpc) is 2.31. The summed E-state index contributed by atoms with van der Waals surface area (Å²) in [5.74, 6) is -1.02. The van der Waals surface area contributed by atoms with Gasteiger partial charge >= 0.3 is 0 Å². The van der Waals surface area contributed by atoms with Gasteiger partial charge in [-0.3, -0.25) is 0 Å². The minimum absolute atomic E-state index is 0.0617. The summed E-state index contributed by atoms with van der Waals surface area (Å²) in [5.41, 5.74) is 0.429. The van der Waals surface area contributed by atoms with Crippen molar-refractivity contribution >= 4 is 11.8 Å². The standard InChI is InChI=1S/C11H13F2NOS/c1-16-11-8(12)3-2-7(10(11)13)9-6-14-4-5-15-9/h2-3,9,14H,4-6H2,1H3. The average molecular weight is 245 g/mol. The van der Waals surface area contributed by atoms with Crippen LogP contribution in [0.25, 0.3) is 0 Å². The van der Waals surface area contributed by atoms with E-state index in [0.717, 1.165) is 18.3 Å². The summed E-state index contributed by atoms with van der Waals surface area (Å²) in [6.45, 7) is 1.89. The molecule has 1 fully saturated rings. The fraction of sp³-hybridized carbons (Fsp3) is 0.455. The quantitative estimate of drug-likeness (QED) is 0.808. The Morgan fingerprint density at radius 2 is 2.25 bits per heavy atom. The Hall–Kier alpha value is -0.650. The molecule has 5 heteroatoms. The summed E-state index contributed by atoms with van der Waals surface area (Å²) in [4.78, 5) is 0.0617. The Morgan fingerprint density at radius 3 is 2.88 bits per heavy atom. The summed E-state index contributed by atoms with van der Waals surface area (Å²) in [6, 6.07) is 2.75. The van der Waals surface area contributed by atoms with Crippen LogP contribution in [0, 0.1) is 11.6 Å². The monoisotopic (exact) mass is 245 g/mol. The van der Waals surface area contributed by atoms with E-state index in [2.05, 4.69) is 5.32 Å². The first-order valence-electron chi connectivity index (χ1n) is 5.08. The predicted octanol–water partition coefficient (Wildman–Crippen LogP) is 2.35. The minimum atomic E-state index is -0.516. The van der Waals surface area contributed by atoms with E-state index in [0.29, 0.717) is 18.7 Å². The number of benzene rings is 1. The van der Waals surface area contributed by atoms with Gasteiger partial charge in [-0.15, -0.1) is 11.8 Å². The predicted molar refractivity (Wildman–Crippen MR) is 59.7 cm³/mol. The van der Waals surface area contributed by atoms with E-state index < -0.39 is 11.6 Å². The molecule has 0 bridgehead atoms. The van der Waals surface area contributed by atoms with E-state index in [4.69, 9.17) is 4.74 Å². The Morgan fingerprint density at radius 1 is 1.44 bits per heavy atom. The third kappa shape index (κ3) is 2.21. The lowest BCUT2D eigenvalue weighted by molar-refractivity contribution is 0.0251. The Balaban J connectivity index is 2.33. The second-order valence-corrected chi connectivity index (χ2v) is 4.36. The molecule has 0 amide bonds. The third-order valence-electron chi connectivity index (χ3n) is 2.56. The number of rotatable bonds is 2. The summed E-state index contributed by atoms with van der Waals surface area (Å²) in [6.07, 6.45) is 1.34. The molecule has 0 aliphatic carbocycles. The number of hydrogen-bond donors (Lipinski definition) is 1. The maximum Gasteiger partial charge on any atom is 0.145 e. The molecule has 16 heavy (non-hydrogen) atoms. The van der Waals surface area contributed by atoms with E-state index in [-0.39, 0.29) is 11.0 Å². The van der Waals surface area contributed by atoms with Crippen molar-refractivity contribution in [2.45, 2.75) is 11.0 Å². The topological polar surface area (TPSA) is 21.3 Å². The van der Waals surface area contributed by atoms with Crippen LogP contribution in [0.4, 0.5) is 8.78 Å². The lowest BCUT2D eigenvalue weighted by Crippen LogP contribution is -2.33. The van der Waals surface area contributed by atoms with Gasteiger partial charge in [-0.25, -0.2) is 8.78 Å². The lowest BCUT2D eigenvalue weighted by atomic mass is 10.1. The molecule has 1 heterocycles. The molecule has 1 aliphatic rings. The molecule has 1 N–H and O–H groups in total. The van der Waals surface area contributed by atoms with Crippen LogP contribution in [0.3, 0.4) is 0 Å². The molecule has 1 unspecified atom stereocenters. The van der Waals surface area contributed by atoms with Gasteiger partial charge < -0.3 is 10.1 Å². The molecule has 1 aromatic carbocycles. The van der Waals surface area contributed by atoms with Crippen molar-refractivity contribution in [3.8, 4) is 0 Å². The maximum absolute atomic E-state index is 13.9. The Labute approximate surface area is 97.4 Å². The molecule has 1 saturated heterocycles. The Kier molecular flexibility index (Phi) is 3.78. The van der Waals surface area contributed by atoms with Crippen molar-refractivity contribution in [1.82, 2.24) is 5.32 Å². The van der Waals surface area contributed by atoms with Gasteiger partial charge in [0, 0.05) is 18.7 Å². The van der Waals surface area contributed by atoms with Gasteiger partial charge in [0.1, 0.15) is 11.6 Å². The van der Waals surface area contributed by atoms with Crippen LogP contribution in [-0.4, -0.2) is 26.0 Å². The Bertz CT molecular complexity index is 380. The number of halogens is 2. The van der Waals surface area contributed by atoms with Crippen LogP contribution < -0.4 is 5.32 Å². The van der Waals surface area contributed by atoms with Crippen LogP contribution in [0.15, 0.2) is 17.0 Å². The molecule has 2 rings (SSSR count). The highest BCUT2D eigenvalue weighted by Gasteiger charge is 2.22. The fourth-order valence-corrected chi connectivity index (χ4v) is 2.31. The molecule has 88 valence electrons. The van der Waals surface area contributed by atoms with Crippen LogP contribution in [0.5, 0.6) is 0 Å². The molecule has 0 saturated carbocycles. The van der Waals surface area contributed by atoms with Crippen molar-refractivity contribution in [3.05, 3.63) is 29.3 Å². The first-order valence-corrected chi connectivity index (χ1v) is 6.30. The number of nitrogens with one attached hydrogen (secondary N) is 1. The molecule has 0 spiro atoms. The maximum atomic E-state index is 13.9. The van der Waals surface area contributed by atoms with Crippen molar-refractivity contribution < 1.29 is 13.5 Å². The van der Waals surface area contributed by atoms with Gasteiger partial charge in [0.05, 0.1) is 17.6 Å². The molecule has 0 radical (unpaired) electrons. The van der Waals surface area contributed by atoms with E-state index in [1.54, 1.807) is 6.26 Å². The van der Waals surface area contributed by atoms with E-state index >= 15 is 0 Å². The second kappa shape index (κ2) is 5.12. The van der Waals surface area contributed by atoms with Crippen molar-refractivity contribution in [1.29, 1.82) is 0 Å². The number of ether oxygens (including phenoxy) is 1. The summed E-state index contributed by atoms with van der Waals surface area (Å²) < 4.78 is 32.7. The normalized spacial score (nSPS) is 21.1. The highest BCUT2D eigenvalue weighted by atomic mass is 32.2. The van der Waals surface area contributed by atoms with Gasteiger partial charge in [0.2, 0.25) is 0 Å². The van der Waals surface area contributed by atoms with Crippen LogP contribution in [-0.2, 0) is 4.74 Å². The van der Waals surface area contributed by atoms with E-state index in [9.17, 15) is 8.78 Å². The largest absolute Gasteiger partial charge is 0.371 e. The van der Waals surface area contributed by atoms with Crippen molar-refractivity contribution in [2.24, 2.45) is 0 Å². The zero-order chi connectivity index (χ0) is 11.5. The van der Waals surface area contributed by atoms with Crippen LogP contribution in [0.1, 0.15) is 11.7 Å². The van der Waals surface area contributed by atoms with Gasteiger partial charge in [0.25, 0.3) is 0 Å². The number of thioether (sulfide) groups is 1. The van der Waals surface area contributed by atoms with Gasteiger partial charge in [-0.1, -0.05) is 6.07 Å². The molecule has 2 nitrogen and oxygen atoms in total. The molecule has 0 aromatic heterocycles. The van der Waals surface area contributed by atoms with Crippen molar-refractivity contribution in [2.75, 3.05) is 26.0 Å². The summed E-state index contributed by atoms with van der Waals surface area (Å²) in [7, 11) is 0. The summed E-state index contributed by atoms with van der Waals surface area (Å²) in [5, 5.41) is 3.12. The number of morpholine rings is 1. The number of hydrogen-bond acceptors (Lipinski definition) is 3. The third-order valence-corrected chi connectivity index (χ3v) is 3.34. The van der Waals surface area contributed by atoms with Gasteiger partial charge in [-0.2, -0.15) is 0 Å². The first kappa shape index (κ1) is 11.8. The zero-order valence-electron chi connectivity index (χ0n) is 8.93. The molecular formula is C11H13F2NOS. The highest BCUT2D eigenvalue weighted by Crippen LogP contribution is 2.30. The zero-order valence-corrected chi connectivity index (χ0v) is 9.74. The lowest BCUT2D eigenvalue weighted by Gasteiger charge is -2.24.